The molecule has 1 saturated heterocycles. The molecule has 28 heavy (non-hydrogen) atoms. The molecule has 0 bridgehead atoms. The fourth-order valence-electron chi connectivity index (χ4n) is 2.82. The van der Waals surface area contributed by atoms with Crippen molar-refractivity contribution < 1.29 is 23.1 Å². The normalized spacial score (nSPS) is 19.5. The molecule has 0 radical (unpaired) electrons. The van der Waals surface area contributed by atoms with E-state index in [-0.39, 0.29) is 47.4 Å². The molecule has 0 aliphatic carbocycles. The molecule has 1 aromatic heterocycles. The van der Waals surface area contributed by atoms with Gasteiger partial charge in [0.25, 0.3) is 11.1 Å². The zero-order valence-electron chi connectivity index (χ0n) is 15.6. The molecule has 1 aromatic carbocycles. The Balaban J connectivity index is 1.45. The van der Waals surface area contributed by atoms with Crippen LogP contribution in [0.5, 0.6) is 0 Å². The lowest BCUT2D eigenvalue weighted by atomic mass is 10.2. The first kappa shape index (κ1) is 20.3. The summed E-state index contributed by atoms with van der Waals surface area (Å²) in [6.45, 7) is 5.04. The molecule has 2 amide bonds. The van der Waals surface area contributed by atoms with Crippen molar-refractivity contribution in [2.45, 2.75) is 37.8 Å². The van der Waals surface area contributed by atoms with Gasteiger partial charge < -0.3 is 19.4 Å². The number of carbonyl (C=O) groups is 2. The second-order valence-electron chi connectivity index (χ2n) is 6.50. The number of aromatic nitrogens is 2. The van der Waals surface area contributed by atoms with Gasteiger partial charge in [-0.2, -0.15) is 0 Å². The van der Waals surface area contributed by atoms with Gasteiger partial charge in [0.1, 0.15) is 5.82 Å². The van der Waals surface area contributed by atoms with E-state index in [1.165, 1.54) is 24.3 Å². The molecule has 2 atom stereocenters. The van der Waals surface area contributed by atoms with Crippen molar-refractivity contribution in [3.05, 3.63) is 41.5 Å². The summed E-state index contributed by atoms with van der Waals surface area (Å²) in [6.07, 6.45) is 0.0230. The first-order valence-corrected chi connectivity index (χ1v) is 9.81. The fraction of sp³-hybridized carbons (Fsp3) is 0.444. The summed E-state index contributed by atoms with van der Waals surface area (Å²) in [4.78, 5) is 26.1. The third-order valence-electron chi connectivity index (χ3n) is 4.05. The fourth-order valence-corrected chi connectivity index (χ4v) is 3.51. The SMILES string of the molecule is C[C@H]1CN(C(=O)CSc2nnc(CNC(=O)c3ccc(F)cc3)o2)C[C@H](C)O1. The van der Waals surface area contributed by atoms with Gasteiger partial charge in [-0.25, -0.2) is 4.39 Å². The van der Waals surface area contributed by atoms with Crippen molar-refractivity contribution in [2.75, 3.05) is 18.8 Å². The Morgan fingerprint density at radius 1 is 1.21 bits per heavy atom. The van der Waals surface area contributed by atoms with Crippen LogP contribution in [-0.4, -0.2) is 58.0 Å². The molecular formula is C18H21FN4O4S. The van der Waals surface area contributed by atoms with Gasteiger partial charge >= 0.3 is 0 Å². The number of ether oxygens (including phenoxy) is 1. The molecule has 1 fully saturated rings. The average Bonchev–Trinajstić information content (AvgIpc) is 3.12. The molecule has 0 spiro atoms. The minimum absolute atomic E-state index is 0.0115. The van der Waals surface area contributed by atoms with Crippen LogP contribution < -0.4 is 5.32 Å². The average molecular weight is 408 g/mol. The summed E-state index contributed by atoms with van der Waals surface area (Å²) in [5.41, 5.74) is 0.329. The lowest BCUT2D eigenvalue weighted by Crippen LogP contribution is -2.48. The number of nitrogens with one attached hydrogen (secondary N) is 1. The van der Waals surface area contributed by atoms with Crippen LogP contribution >= 0.6 is 11.8 Å². The second kappa shape index (κ2) is 9.16. The first-order chi connectivity index (χ1) is 13.4. The topological polar surface area (TPSA) is 97.6 Å². The Labute approximate surface area is 165 Å². The highest BCUT2D eigenvalue weighted by molar-refractivity contribution is 7.99. The van der Waals surface area contributed by atoms with Gasteiger partial charge in [0.2, 0.25) is 11.8 Å². The molecule has 1 N–H and O–H groups in total. The number of hydrogen-bond acceptors (Lipinski definition) is 7. The Kier molecular flexibility index (Phi) is 6.63. The van der Waals surface area contributed by atoms with Gasteiger partial charge in [0.15, 0.2) is 0 Å². The van der Waals surface area contributed by atoms with Crippen LogP contribution in [0, 0.1) is 5.82 Å². The Morgan fingerprint density at radius 3 is 2.57 bits per heavy atom. The molecule has 8 nitrogen and oxygen atoms in total. The standard InChI is InChI=1S/C18H21FN4O4S/c1-11-8-23(9-12(2)26-11)16(24)10-28-18-22-21-15(27-18)7-20-17(25)13-3-5-14(19)6-4-13/h3-6,11-12H,7-10H2,1-2H3,(H,20,25)/t11-,12-/m0/s1. The smallest absolute Gasteiger partial charge is 0.277 e. The maximum atomic E-state index is 12.9. The van der Waals surface area contributed by atoms with Crippen molar-refractivity contribution >= 4 is 23.6 Å². The van der Waals surface area contributed by atoms with E-state index in [1.54, 1.807) is 4.90 Å². The largest absolute Gasteiger partial charge is 0.414 e. The van der Waals surface area contributed by atoms with Crippen molar-refractivity contribution in [1.82, 2.24) is 20.4 Å². The molecule has 3 rings (SSSR count). The summed E-state index contributed by atoms with van der Waals surface area (Å²) in [7, 11) is 0. The second-order valence-corrected chi connectivity index (χ2v) is 7.42. The Bertz CT molecular complexity index is 819. The van der Waals surface area contributed by atoms with Crippen molar-refractivity contribution in [1.29, 1.82) is 0 Å². The van der Waals surface area contributed by atoms with E-state index >= 15 is 0 Å². The van der Waals surface area contributed by atoms with Crippen LogP contribution in [0.25, 0.3) is 0 Å². The Morgan fingerprint density at radius 2 is 1.89 bits per heavy atom. The third-order valence-corrected chi connectivity index (χ3v) is 4.85. The van der Waals surface area contributed by atoms with Gasteiger partial charge in [-0.15, -0.1) is 10.2 Å². The maximum absolute atomic E-state index is 12.9. The van der Waals surface area contributed by atoms with Crippen molar-refractivity contribution in [3.8, 4) is 0 Å². The highest BCUT2D eigenvalue weighted by Gasteiger charge is 2.26. The highest BCUT2D eigenvalue weighted by Crippen LogP contribution is 2.18. The molecule has 1 aliphatic heterocycles. The minimum atomic E-state index is -0.411. The summed E-state index contributed by atoms with van der Waals surface area (Å²) < 4.78 is 24.0. The van der Waals surface area contributed by atoms with Crippen LogP contribution in [0.4, 0.5) is 4.39 Å². The molecule has 0 unspecified atom stereocenters. The number of thioether (sulfide) groups is 1. The number of carbonyl (C=O) groups excluding carboxylic acids is 2. The van der Waals surface area contributed by atoms with E-state index < -0.39 is 5.82 Å². The number of rotatable bonds is 6. The number of nitrogens with zero attached hydrogens (tertiary/aromatic N) is 3. The molecule has 2 aromatic rings. The van der Waals surface area contributed by atoms with Crippen LogP contribution in [0.2, 0.25) is 0 Å². The van der Waals surface area contributed by atoms with Gasteiger partial charge in [-0.1, -0.05) is 11.8 Å². The quantitative estimate of drug-likeness (QED) is 0.729. The van der Waals surface area contributed by atoms with E-state index in [4.69, 9.17) is 9.15 Å². The van der Waals surface area contributed by atoms with E-state index in [0.29, 0.717) is 18.7 Å². The van der Waals surface area contributed by atoms with Crippen molar-refractivity contribution in [2.24, 2.45) is 0 Å². The van der Waals surface area contributed by atoms with Crippen LogP contribution in [0.1, 0.15) is 30.1 Å². The molecular weight excluding hydrogens is 387 g/mol. The molecule has 10 heteroatoms. The highest BCUT2D eigenvalue weighted by atomic mass is 32.2. The number of halogens is 1. The molecule has 150 valence electrons. The maximum Gasteiger partial charge on any atom is 0.277 e. The molecule has 0 saturated carbocycles. The Hall–Kier alpha value is -2.46. The van der Waals surface area contributed by atoms with Crippen LogP contribution in [-0.2, 0) is 16.1 Å². The molecule has 2 heterocycles. The first-order valence-electron chi connectivity index (χ1n) is 8.83. The van der Waals surface area contributed by atoms with Gasteiger partial charge in [0.05, 0.1) is 24.5 Å². The van der Waals surface area contributed by atoms with E-state index in [9.17, 15) is 14.0 Å². The minimum Gasteiger partial charge on any atom is -0.414 e. The zero-order valence-corrected chi connectivity index (χ0v) is 16.4. The summed E-state index contributed by atoms with van der Waals surface area (Å²) >= 11 is 1.15. The van der Waals surface area contributed by atoms with E-state index in [0.717, 1.165) is 11.8 Å². The van der Waals surface area contributed by atoms with E-state index in [1.807, 2.05) is 13.8 Å². The predicted octanol–water partition coefficient (Wildman–Crippen LogP) is 1.87. The number of benzene rings is 1. The van der Waals surface area contributed by atoms with E-state index in [2.05, 4.69) is 15.5 Å². The zero-order chi connectivity index (χ0) is 20.1. The van der Waals surface area contributed by atoms with Crippen LogP contribution in [0.15, 0.2) is 33.9 Å². The van der Waals surface area contributed by atoms with Crippen molar-refractivity contribution in [3.63, 3.8) is 0 Å². The van der Waals surface area contributed by atoms with Crippen LogP contribution in [0.3, 0.4) is 0 Å². The van der Waals surface area contributed by atoms with Gasteiger partial charge in [-0.05, 0) is 38.1 Å². The number of morpholine rings is 1. The number of hydrogen-bond donors (Lipinski definition) is 1. The molecule has 1 aliphatic rings. The summed E-state index contributed by atoms with van der Waals surface area (Å²) in [5, 5.41) is 10.6. The lowest BCUT2D eigenvalue weighted by Gasteiger charge is -2.35. The third kappa shape index (κ3) is 5.52. The number of amides is 2. The monoisotopic (exact) mass is 408 g/mol. The summed E-state index contributed by atoms with van der Waals surface area (Å²) in [6, 6.07) is 5.20. The van der Waals surface area contributed by atoms with Gasteiger partial charge in [0, 0.05) is 18.7 Å². The predicted molar refractivity (Wildman–Crippen MR) is 99.2 cm³/mol. The lowest BCUT2D eigenvalue weighted by molar-refractivity contribution is -0.140. The summed E-state index contributed by atoms with van der Waals surface area (Å²) in [5.74, 6) is -0.401. The van der Waals surface area contributed by atoms with Gasteiger partial charge in [-0.3, -0.25) is 9.59 Å².